The van der Waals surface area contributed by atoms with Crippen molar-refractivity contribution in [3.05, 3.63) is 0 Å². The van der Waals surface area contributed by atoms with E-state index < -0.39 is 0 Å². The number of nitrogens with zero attached hydrogens (tertiary/aromatic N) is 9. The van der Waals surface area contributed by atoms with Crippen LogP contribution in [0.3, 0.4) is 0 Å². The normalized spacial score (nSPS) is 19.6. The first-order valence-electron chi connectivity index (χ1n) is 36.8. The van der Waals surface area contributed by atoms with Crippen LogP contribution in [0.5, 0.6) is 0 Å². The van der Waals surface area contributed by atoms with Crippen LogP contribution in [0.1, 0.15) is 272 Å². The van der Waals surface area contributed by atoms with Crippen LogP contribution >= 0.6 is 0 Å². The van der Waals surface area contributed by atoms with Gasteiger partial charge in [-0.15, -0.1) is 0 Å². The van der Waals surface area contributed by atoms with Gasteiger partial charge in [0.15, 0.2) is 0 Å². The van der Waals surface area contributed by atoms with Crippen molar-refractivity contribution in [2.24, 2.45) is 0 Å². The van der Waals surface area contributed by atoms with E-state index in [0.717, 1.165) is 97.7 Å². The fourth-order valence-electron chi connectivity index (χ4n) is 8.79. The van der Waals surface area contributed by atoms with E-state index in [4.69, 9.17) is 9.47 Å². The number of carbonyl (C=O) groups excluding carboxylic acids is 3. The minimum Gasteiger partial charge on any atom is -0.380 e. The van der Waals surface area contributed by atoms with Crippen molar-refractivity contribution in [2.75, 3.05) is 188 Å². The van der Waals surface area contributed by atoms with Crippen LogP contribution in [0.4, 0.5) is 0 Å². The molecular formula is C72H165N9O5. The van der Waals surface area contributed by atoms with Crippen LogP contribution in [0.25, 0.3) is 0 Å². The quantitative estimate of drug-likeness (QED) is 0.232. The highest BCUT2D eigenvalue weighted by Gasteiger charge is 2.15. The second kappa shape index (κ2) is 91.8. The fourth-order valence-corrected chi connectivity index (χ4v) is 8.79. The highest BCUT2D eigenvalue weighted by atomic mass is 16.5. The average molecular weight is 1240 g/mol. The minimum atomic E-state index is 0.292. The maximum atomic E-state index is 10.9. The number of likely N-dealkylation sites (tertiary alicyclic amines) is 7. The summed E-state index contributed by atoms with van der Waals surface area (Å²) >= 11 is 0. The Labute approximate surface area is 543 Å². The van der Waals surface area contributed by atoms with Crippen molar-refractivity contribution < 1.29 is 23.9 Å². The van der Waals surface area contributed by atoms with Gasteiger partial charge in [0.25, 0.3) is 0 Å². The molecule has 3 amide bonds. The lowest BCUT2D eigenvalue weighted by Crippen LogP contribution is -2.31. The average Bonchev–Trinajstić information content (AvgIpc) is 3.88. The van der Waals surface area contributed by atoms with Gasteiger partial charge in [-0.1, -0.05) is 157 Å². The molecule has 9 fully saturated rings. The van der Waals surface area contributed by atoms with E-state index in [1.165, 1.54) is 175 Å². The summed E-state index contributed by atoms with van der Waals surface area (Å²) in [6.45, 7) is 57.7. The van der Waals surface area contributed by atoms with Crippen LogP contribution in [-0.2, 0) is 23.9 Å². The number of ether oxygens (including phenoxy) is 2. The van der Waals surface area contributed by atoms with Crippen LogP contribution in [0.15, 0.2) is 0 Å². The molecule has 9 aliphatic rings. The molecule has 528 valence electrons. The van der Waals surface area contributed by atoms with Crippen molar-refractivity contribution in [1.82, 2.24) is 44.1 Å². The third-order valence-electron chi connectivity index (χ3n) is 13.9. The summed E-state index contributed by atoms with van der Waals surface area (Å²) in [6.07, 6.45) is 28.6. The van der Waals surface area contributed by atoms with E-state index in [1.807, 2.05) is 151 Å². The zero-order valence-corrected chi connectivity index (χ0v) is 64.3. The molecule has 9 rings (SSSR count). The Hall–Kier alpha value is -1.91. The van der Waals surface area contributed by atoms with Crippen molar-refractivity contribution in [3.63, 3.8) is 0 Å². The number of amides is 3. The molecule has 9 aliphatic heterocycles. The van der Waals surface area contributed by atoms with Crippen molar-refractivity contribution >= 4 is 17.7 Å². The molecular weight excluding hydrogens is 1070 g/mol. The number of piperidine rings is 3. The predicted octanol–water partition coefficient (Wildman–Crippen LogP) is 16.2. The van der Waals surface area contributed by atoms with Gasteiger partial charge in [-0.25, -0.2) is 0 Å². The molecule has 9 saturated heterocycles. The van der Waals surface area contributed by atoms with Crippen molar-refractivity contribution in [1.29, 1.82) is 0 Å². The lowest BCUT2D eigenvalue weighted by atomic mass is 10.1. The highest BCUT2D eigenvalue weighted by Crippen LogP contribution is 2.10. The second-order valence-corrected chi connectivity index (χ2v) is 20.8. The van der Waals surface area contributed by atoms with Gasteiger partial charge in [-0.2, -0.15) is 0 Å². The molecule has 0 N–H and O–H groups in total. The van der Waals surface area contributed by atoms with Gasteiger partial charge in [-0.3, -0.25) is 14.4 Å². The molecule has 0 atom stereocenters. The predicted molar refractivity (Wildman–Crippen MR) is 388 cm³/mol. The van der Waals surface area contributed by atoms with Crippen LogP contribution in [0.2, 0.25) is 0 Å². The van der Waals surface area contributed by atoms with E-state index in [2.05, 4.69) is 71.7 Å². The summed E-state index contributed by atoms with van der Waals surface area (Å²) in [4.78, 5) is 51.7. The van der Waals surface area contributed by atoms with Gasteiger partial charge in [0, 0.05) is 99.4 Å². The van der Waals surface area contributed by atoms with E-state index in [-0.39, 0.29) is 0 Å². The first kappa shape index (κ1) is 103. The first-order chi connectivity index (χ1) is 41.8. The Bertz CT molecular complexity index is 1110. The molecule has 0 aromatic rings. The lowest BCUT2D eigenvalue weighted by Gasteiger charge is -2.21. The molecule has 0 aliphatic carbocycles. The summed E-state index contributed by atoms with van der Waals surface area (Å²) in [5.41, 5.74) is 0. The SMILES string of the molecule is CC.CC.CC.CC.CC.CC.CC.CC.CC.CN1CCCC1.CN1CCCC1=O.CN1CCCCC1.CN1CCCCC1.CN1CCCCC1=O.CN1CCCCCC1.CN1CCCCCC1=O.CN1CCCOCC1.CN1CCCOCC1. The molecule has 0 aromatic carbocycles. The van der Waals surface area contributed by atoms with Crippen LogP contribution < -0.4 is 0 Å². The lowest BCUT2D eigenvalue weighted by molar-refractivity contribution is -0.132. The molecule has 0 spiro atoms. The first-order valence-corrected chi connectivity index (χ1v) is 36.8. The van der Waals surface area contributed by atoms with Gasteiger partial charge in [0.1, 0.15) is 0 Å². The Morgan fingerprint density at radius 1 is 0.198 bits per heavy atom. The minimum absolute atomic E-state index is 0.292. The van der Waals surface area contributed by atoms with E-state index in [0.29, 0.717) is 17.7 Å². The maximum Gasteiger partial charge on any atom is 0.222 e. The third-order valence-corrected chi connectivity index (χ3v) is 13.9. The van der Waals surface area contributed by atoms with Gasteiger partial charge in [-0.05, 0) is 191 Å². The number of likely N-dealkylation sites (N-methyl/N-ethyl adjacent to an activating group) is 2. The molecule has 86 heavy (non-hydrogen) atoms. The number of rotatable bonds is 0. The summed E-state index contributed by atoms with van der Waals surface area (Å²) in [7, 11) is 18.6. The summed E-state index contributed by atoms with van der Waals surface area (Å²) in [6, 6.07) is 0. The maximum absolute atomic E-state index is 10.9. The molecule has 0 bridgehead atoms. The molecule has 0 saturated carbocycles. The number of hydrogen-bond acceptors (Lipinski definition) is 11. The van der Waals surface area contributed by atoms with Gasteiger partial charge >= 0.3 is 0 Å². The molecule has 14 heteroatoms. The topological polar surface area (TPSA) is 98.8 Å². The van der Waals surface area contributed by atoms with E-state index in [1.54, 1.807) is 9.80 Å². The monoisotopic (exact) mass is 1240 g/mol. The Morgan fingerprint density at radius 3 is 0.628 bits per heavy atom. The molecule has 0 aromatic heterocycles. The Balaban J connectivity index is -0.000000107. The second-order valence-electron chi connectivity index (χ2n) is 20.8. The van der Waals surface area contributed by atoms with E-state index >= 15 is 0 Å². The van der Waals surface area contributed by atoms with E-state index in [9.17, 15) is 14.4 Å². The summed E-state index contributed by atoms with van der Waals surface area (Å²) in [5, 5.41) is 0. The molecule has 14 nitrogen and oxygen atoms in total. The van der Waals surface area contributed by atoms with Gasteiger partial charge in [0.05, 0.1) is 13.2 Å². The molecule has 0 unspecified atom stereocenters. The summed E-state index contributed by atoms with van der Waals surface area (Å²) < 4.78 is 10.4. The Morgan fingerprint density at radius 2 is 0.372 bits per heavy atom. The van der Waals surface area contributed by atoms with Gasteiger partial charge in [0.2, 0.25) is 17.7 Å². The standard InChI is InChI=1S/C7H13NO.C7H15N.2C6H13NO.C6H11NO.2C6H13N.C5H9NO.C5H11N.9C2H6/c1-8-6-4-2-3-5-7(8)9;1-8-6-4-2-3-5-7-8;2*1-7-3-2-5-8-6-4-7;1-7-5-3-2-4-6(7)8;2*1-7-5-3-2-4-6-7;1-6-4-2-3-5(6)7;1-6-4-2-3-5-6;9*1-2/h2-6H2,1H3;2-7H2,1H3;2*2-6H2,1H3;2-5H2,1H3;2*2-6H2,1H3;2-4H2,1H3;2-5H2,1H3;9*1-2H3. The van der Waals surface area contributed by atoms with Crippen LogP contribution in [0, 0.1) is 0 Å². The van der Waals surface area contributed by atoms with Crippen molar-refractivity contribution in [2.45, 2.75) is 272 Å². The Kier molecular flexibility index (Phi) is 110. The summed E-state index contributed by atoms with van der Waals surface area (Å²) in [5.74, 6) is 0.906. The fraction of sp³-hybridized carbons (Fsp3) is 0.958. The third kappa shape index (κ3) is 82.1. The molecule has 9 heterocycles. The van der Waals surface area contributed by atoms with Crippen molar-refractivity contribution in [3.8, 4) is 0 Å². The molecule has 0 radical (unpaired) electrons. The highest BCUT2D eigenvalue weighted by molar-refractivity contribution is 5.77. The van der Waals surface area contributed by atoms with Gasteiger partial charge < -0.3 is 53.6 Å². The zero-order chi connectivity index (χ0) is 68.0. The smallest absolute Gasteiger partial charge is 0.222 e. The zero-order valence-electron chi connectivity index (χ0n) is 64.3. The number of hydrogen-bond donors (Lipinski definition) is 0. The van der Waals surface area contributed by atoms with Crippen LogP contribution in [-0.4, -0.2) is 250 Å². The number of carbonyl (C=O) groups is 3. The largest absolute Gasteiger partial charge is 0.380 e.